The van der Waals surface area contributed by atoms with Crippen LogP contribution < -0.4 is 5.32 Å². The molecule has 0 amide bonds. The van der Waals surface area contributed by atoms with E-state index in [9.17, 15) is 0 Å². The van der Waals surface area contributed by atoms with Gasteiger partial charge in [0.25, 0.3) is 0 Å². The molecule has 0 aliphatic heterocycles. The van der Waals surface area contributed by atoms with E-state index in [0.717, 1.165) is 45.8 Å². The average Bonchev–Trinajstić information content (AvgIpc) is 2.43. The molecule has 1 N–H and O–H groups in total. The van der Waals surface area contributed by atoms with Gasteiger partial charge >= 0.3 is 0 Å². The maximum absolute atomic E-state index is 5.47. The molecule has 0 aromatic rings. The first-order valence-corrected chi connectivity index (χ1v) is 7.34. The molecule has 0 aliphatic carbocycles. The predicted octanol–water partition coefficient (Wildman–Crippen LogP) is 1.46. The Bertz CT molecular complexity index is 142. The molecule has 5 nitrogen and oxygen atoms in total. The van der Waals surface area contributed by atoms with E-state index in [1.54, 1.807) is 7.11 Å². The average molecular weight is 277 g/mol. The zero-order chi connectivity index (χ0) is 14.0. The summed E-state index contributed by atoms with van der Waals surface area (Å²) in [4.78, 5) is 0. The van der Waals surface area contributed by atoms with E-state index < -0.39 is 0 Å². The molecule has 0 saturated carbocycles. The topological polar surface area (TPSA) is 49.0 Å². The Hall–Kier alpha value is -0.200. The Morgan fingerprint density at radius 2 is 1.32 bits per heavy atom. The molecule has 0 aliphatic rings. The summed E-state index contributed by atoms with van der Waals surface area (Å²) in [5, 5.41) is 3.32. The second-order valence-electron chi connectivity index (χ2n) is 4.29. The molecule has 0 bridgehead atoms. The summed E-state index contributed by atoms with van der Waals surface area (Å²) in [5.41, 5.74) is 0. The maximum Gasteiger partial charge on any atom is 0.0701 e. The highest BCUT2D eigenvalue weighted by Gasteiger charge is 1.92. The van der Waals surface area contributed by atoms with Gasteiger partial charge in [0.1, 0.15) is 0 Å². The van der Waals surface area contributed by atoms with Crippen LogP contribution in [0.1, 0.15) is 26.2 Å². The summed E-state index contributed by atoms with van der Waals surface area (Å²) in [6.07, 6.45) is 3.42. The summed E-state index contributed by atoms with van der Waals surface area (Å²) in [7, 11) is 1.67. The first-order valence-electron chi connectivity index (χ1n) is 7.34. The van der Waals surface area contributed by atoms with E-state index in [4.69, 9.17) is 18.9 Å². The van der Waals surface area contributed by atoms with E-state index in [1.807, 2.05) is 0 Å². The van der Waals surface area contributed by atoms with Crippen LogP contribution in [-0.4, -0.2) is 66.4 Å². The fourth-order valence-corrected chi connectivity index (χ4v) is 1.38. The van der Waals surface area contributed by atoms with Gasteiger partial charge in [-0.25, -0.2) is 0 Å². The summed E-state index contributed by atoms with van der Waals surface area (Å²) < 4.78 is 21.0. The van der Waals surface area contributed by atoms with Crippen LogP contribution in [0.3, 0.4) is 0 Å². The highest BCUT2D eigenvalue weighted by Crippen LogP contribution is 1.89. The van der Waals surface area contributed by atoms with Gasteiger partial charge < -0.3 is 24.3 Å². The third kappa shape index (κ3) is 17.8. The molecule has 0 atom stereocenters. The van der Waals surface area contributed by atoms with Crippen molar-refractivity contribution in [1.29, 1.82) is 0 Å². The van der Waals surface area contributed by atoms with Crippen LogP contribution in [0.2, 0.25) is 0 Å². The lowest BCUT2D eigenvalue weighted by atomic mass is 10.4. The molecular formula is C14H31NO4. The first-order chi connectivity index (χ1) is 9.41. The van der Waals surface area contributed by atoms with Gasteiger partial charge in [0.15, 0.2) is 0 Å². The maximum atomic E-state index is 5.47. The monoisotopic (exact) mass is 277 g/mol. The fourth-order valence-electron chi connectivity index (χ4n) is 1.38. The van der Waals surface area contributed by atoms with Crippen LogP contribution >= 0.6 is 0 Å². The molecule has 0 unspecified atom stereocenters. The number of nitrogens with one attached hydrogen (secondary N) is 1. The molecule has 0 radical (unpaired) electrons. The molecule has 5 heteroatoms. The SMILES string of the molecule is CCCCOCCCNCCOCCOCCOC. The quantitative estimate of drug-likeness (QED) is 0.433. The number of hydrogen-bond acceptors (Lipinski definition) is 5. The Labute approximate surface area is 117 Å². The normalized spacial score (nSPS) is 11.1. The first kappa shape index (κ1) is 18.8. The van der Waals surface area contributed by atoms with Gasteiger partial charge in [-0.3, -0.25) is 0 Å². The van der Waals surface area contributed by atoms with Crippen molar-refractivity contribution >= 4 is 0 Å². The molecule has 116 valence electrons. The molecule has 0 heterocycles. The van der Waals surface area contributed by atoms with Gasteiger partial charge in [0.05, 0.1) is 33.0 Å². The second kappa shape index (κ2) is 17.8. The van der Waals surface area contributed by atoms with Crippen molar-refractivity contribution < 1.29 is 18.9 Å². The Morgan fingerprint density at radius 1 is 0.684 bits per heavy atom. The lowest BCUT2D eigenvalue weighted by Gasteiger charge is -2.07. The Morgan fingerprint density at radius 3 is 2.05 bits per heavy atom. The van der Waals surface area contributed by atoms with Gasteiger partial charge in [0.2, 0.25) is 0 Å². The van der Waals surface area contributed by atoms with Gasteiger partial charge in [-0.1, -0.05) is 13.3 Å². The van der Waals surface area contributed by atoms with Gasteiger partial charge in [-0.15, -0.1) is 0 Å². The van der Waals surface area contributed by atoms with Crippen LogP contribution in [0, 0.1) is 0 Å². The standard InChI is InChI=1S/C14H31NO4/c1-3-4-8-17-9-5-6-15-7-10-18-13-14-19-12-11-16-2/h15H,3-14H2,1-2H3. The van der Waals surface area contributed by atoms with E-state index in [2.05, 4.69) is 12.2 Å². The third-order valence-corrected chi connectivity index (χ3v) is 2.51. The fraction of sp³-hybridized carbons (Fsp3) is 1.00. The number of ether oxygens (including phenoxy) is 4. The number of rotatable bonds is 16. The zero-order valence-corrected chi connectivity index (χ0v) is 12.6. The number of methoxy groups -OCH3 is 1. The van der Waals surface area contributed by atoms with Crippen molar-refractivity contribution in [2.45, 2.75) is 26.2 Å². The van der Waals surface area contributed by atoms with E-state index in [1.165, 1.54) is 6.42 Å². The number of unbranched alkanes of at least 4 members (excludes halogenated alkanes) is 1. The summed E-state index contributed by atoms with van der Waals surface area (Å²) in [6, 6.07) is 0. The van der Waals surface area contributed by atoms with Crippen molar-refractivity contribution in [1.82, 2.24) is 5.32 Å². The van der Waals surface area contributed by atoms with Crippen LogP contribution in [0.4, 0.5) is 0 Å². The van der Waals surface area contributed by atoms with E-state index in [0.29, 0.717) is 26.4 Å². The zero-order valence-electron chi connectivity index (χ0n) is 12.6. The Kier molecular flexibility index (Phi) is 17.6. The molecule has 0 saturated heterocycles. The lowest BCUT2D eigenvalue weighted by Crippen LogP contribution is -2.22. The highest BCUT2D eigenvalue weighted by molar-refractivity contribution is 4.47. The van der Waals surface area contributed by atoms with Crippen LogP contribution in [0.5, 0.6) is 0 Å². The van der Waals surface area contributed by atoms with E-state index >= 15 is 0 Å². The van der Waals surface area contributed by atoms with Crippen molar-refractivity contribution in [3.63, 3.8) is 0 Å². The Balaban J connectivity index is 2.88. The second-order valence-corrected chi connectivity index (χ2v) is 4.29. The third-order valence-electron chi connectivity index (χ3n) is 2.51. The van der Waals surface area contributed by atoms with Gasteiger partial charge in [0, 0.05) is 26.9 Å². The lowest BCUT2D eigenvalue weighted by molar-refractivity contribution is 0.0255. The largest absolute Gasteiger partial charge is 0.382 e. The molecule has 0 aromatic carbocycles. The van der Waals surface area contributed by atoms with Crippen LogP contribution in [0.15, 0.2) is 0 Å². The molecular weight excluding hydrogens is 246 g/mol. The predicted molar refractivity (Wildman–Crippen MR) is 76.7 cm³/mol. The molecule has 0 spiro atoms. The van der Waals surface area contributed by atoms with Crippen molar-refractivity contribution in [3.05, 3.63) is 0 Å². The molecule has 0 fully saturated rings. The van der Waals surface area contributed by atoms with Gasteiger partial charge in [-0.2, -0.15) is 0 Å². The van der Waals surface area contributed by atoms with Gasteiger partial charge in [-0.05, 0) is 19.4 Å². The minimum Gasteiger partial charge on any atom is -0.382 e. The smallest absolute Gasteiger partial charge is 0.0701 e. The number of hydrogen-bond donors (Lipinski definition) is 1. The van der Waals surface area contributed by atoms with Crippen molar-refractivity contribution in [2.75, 3.05) is 66.4 Å². The highest BCUT2D eigenvalue weighted by atomic mass is 16.5. The van der Waals surface area contributed by atoms with E-state index in [-0.39, 0.29) is 0 Å². The van der Waals surface area contributed by atoms with Crippen molar-refractivity contribution in [3.8, 4) is 0 Å². The van der Waals surface area contributed by atoms with Crippen LogP contribution in [0.25, 0.3) is 0 Å². The van der Waals surface area contributed by atoms with Crippen LogP contribution in [-0.2, 0) is 18.9 Å². The summed E-state index contributed by atoms with van der Waals surface area (Å²) in [6.45, 7) is 9.06. The van der Waals surface area contributed by atoms with Crippen molar-refractivity contribution in [2.24, 2.45) is 0 Å². The summed E-state index contributed by atoms with van der Waals surface area (Å²) in [5.74, 6) is 0. The molecule has 19 heavy (non-hydrogen) atoms. The minimum absolute atomic E-state index is 0.634. The molecule has 0 rings (SSSR count). The minimum atomic E-state index is 0.634. The summed E-state index contributed by atoms with van der Waals surface area (Å²) >= 11 is 0. The molecule has 0 aromatic heterocycles.